The molecule has 1 aromatic carbocycles. The van der Waals surface area contributed by atoms with Gasteiger partial charge in [-0.25, -0.2) is 4.79 Å². The standard InChI is InChI=1S/C11H8N2O3/c14-10(11(15)16)13-8-3-4-9-7(6-8)2-1-5-12-9/h1-6H,(H,13,14)(H,15,16). The van der Waals surface area contributed by atoms with E-state index >= 15 is 0 Å². The Morgan fingerprint density at radius 2 is 2.06 bits per heavy atom. The molecule has 1 heterocycles. The van der Waals surface area contributed by atoms with Gasteiger partial charge in [0.15, 0.2) is 0 Å². The molecule has 0 unspecified atom stereocenters. The van der Waals surface area contributed by atoms with Crippen molar-refractivity contribution in [3.63, 3.8) is 0 Å². The molecule has 0 saturated carbocycles. The lowest BCUT2D eigenvalue weighted by Gasteiger charge is -2.03. The van der Waals surface area contributed by atoms with Gasteiger partial charge in [-0.05, 0) is 24.3 Å². The molecule has 2 aromatic rings. The monoisotopic (exact) mass is 216 g/mol. The van der Waals surface area contributed by atoms with Crippen molar-refractivity contribution in [3.8, 4) is 0 Å². The zero-order valence-corrected chi connectivity index (χ0v) is 8.18. The fourth-order valence-electron chi connectivity index (χ4n) is 1.34. The summed E-state index contributed by atoms with van der Waals surface area (Å²) < 4.78 is 0. The summed E-state index contributed by atoms with van der Waals surface area (Å²) in [7, 11) is 0. The van der Waals surface area contributed by atoms with Gasteiger partial charge < -0.3 is 10.4 Å². The van der Waals surface area contributed by atoms with Crippen LogP contribution in [0, 0.1) is 0 Å². The van der Waals surface area contributed by atoms with Crippen molar-refractivity contribution in [1.29, 1.82) is 0 Å². The van der Waals surface area contributed by atoms with Crippen molar-refractivity contribution in [2.75, 3.05) is 5.32 Å². The lowest BCUT2D eigenvalue weighted by atomic mass is 10.2. The zero-order valence-electron chi connectivity index (χ0n) is 8.18. The van der Waals surface area contributed by atoms with Gasteiger partial charge in [0, 0.05) is 17.3 Å². The number of carbonyl (C=O) groups excluding carboxylic acids is 1. The van der Waals surface area contributed by atoms with Crippen LogP contribution in [0.25, 0.3) is 10.9 Å². The van der Waals surface area contributed by atoms with Crippen molar-refractivity contribution in [1.82, 2.24) is 4.98 Å². The Labute approximate surface area is 90.7 Å². The van der Waals surface area contributed by atoms with E-state index in [9.17, 15) is 9.59 Å². The Hall–Kier alpha value is -2.43. The summed E-state index contributed by atoms with van der Waals surface area (Å²) in [5.74, 6) is -2.56. The molecule has 0 atom stereocenters. The van der Waals surface area contributed by atoms with Crippen molar-refractivity contribution < 1.29 is 14.7 Å². The van der Waals surface area contributed by atoms with Crippen LogP contribution in [0.3, 0.4) is 0 Å². The van der Waals surface area contributed by atoms with Gasteiger partial charge >= 0.3 is 11.9 Å². The van der Waals surface area contributed by atoms with E-state index in [0.717, 1.165) is 10.9 Å². The molecule has 5 nitrogen and oxygen atoms in total. The van der Waals surface area contributed by atoms with Crippen molar-refractivity contribution in [2.45, 2.75) is 0 Å². The van der Waals surface area contributed by atoms with Gasteiger partial charge in [-0.15, -0.1) is 0 Å². The van der Waals surface area contributed by atoms with Crippen LogP contribution in [0.2, 0.25) is 0 Å². The van der Waals surface area contributed by atoms with E-state index in [1.165, 1.54) is 0 Å². The third kappa shape index (κ3) is 1.98. The fraction of sp³-hybridized carbons (Fsp3) is 0. The molecule has 0 fully saturated rings. The molecule has 16 heavy (non-hydrogen) atoms. The summed E-state index contributed by atoms with van der Waals surface area (Å²) in [6.07, 6.45) is 1.66. The predicted octanol–water partition coefficient (Wildman–Crippen LogP) is 1.26. The van der Waals surface area contributed by atoms with Crippen LogP contribution in [0.4, 0.5) is 5.69 Å². The number of hydrogen-bond acceptors (Lipinski definition) is 3. The summed E-state index contributed by atoms with van der Waals surface area (Å²) in [5, 5.41) is 11.5. The molecule has 0 aliphatic rings. The fourth-order valence-corrected chi connectivity index (χ4v) is 1.34. The number of benzene rings is 1. The number of carboxylic acid groups (broad SMARTS) is 1. The Balaban J connectivity index is 2.33. The molecule has 0 spiro atoms. The highest BCUT2D eigenvalue weighted by Crippen LogP contribution is 2.16. The Bertz CT molecular complexity index is 566. The van der Waals surface area contributed by atoms with Crippen LogP contribution in [0.15, 0.2) is 36.5 Å². The van der Waals surface area contributed by atoms with Gasteiger partial charge in [0.2, 0.25) is 0 Å². The number of carboxylic acids is 1. The van der Waals surface area contributed by atoms with E-state index in [4.69, 9.17) is 5.11 Å². The third-order valence-corrected chi connectivity index (χ3v) is 2.06. The average molecular weight is 216 g/mol. The van der Waals surface area contributed by atoms with Crippen LogP contribution < -0.4 is 5.32 Å². The highest BCUT2D eigenvalue weighted by molar-refractivity contribution is 6.36. The summed E-state index contributed by atoms with van der Waals surface area (Å²) in [5.41, 5.74) is 1.23. The second kappa shape index (κ2) is 3.98. The van der Waals surface area contributed by atoms with E-state index in [-0.39, 0.29) is 0 Å². The smallest absolute Gasteiger partial charge is 0.394 e. The second-order valence-corrected chi connectivity index (χ2v) is 3.17. The Kier molecular flexibility index (Phi) is 2.51. The summed E-state index contributed by atoms with van der Waals surface area (Å²) in [6.45, 7) is 0. The SMILES string of the molecule is O=C(O)C(=O)Nc1ccc2ncccc2c1. The molecule has 0 radical (unpaired) electrons. The first-order valence-corrected chi connectivity index (χ1v) is 4.56. The number of carbonyl (C=O) groups is 2. The summed E-state index contributed by atoms with van der Waals surface area (Å²) in [4.78, 5) is 25.4. The molecule has 1 aromatic heterocycles. The van der Waals surface area contributed by atoms with Crippen LogP contribution in [0.1, 0.15) is 0 Å². The van der Waals surface area contributed by atoms with E-state index in [2.05, 4.69) is 10.3 Å². The average Bonchev–Trinajstić information content (AvgIpc) is 2.28. The first-order chi connectivity index (χ1) is 7.66. The minimum Gasteiger partial charge on any atom is -0.474 e. The molecule has 2 rings (SSSR count). The Morgan fingerprint density at radius 3 is 2.81 bits per heavy atom. The number of aromatic nitrogens is 1. The maximum atomic E-state index is 10.9. The van der Waals surface area contributed by atoms with E-state index in [1.807, 2.05) is 6.07 Å². The molecule has 0 bridgehead atoms. The van der Waals surface area contributed by atoms with Crippen molar-refractivity contribution in [3.05, 3.63) is 36.5 Å². The van der Waals surface area contributed by atoms with E-state index < -0.39 is 11.9 Å². The number of hydrogen-bond donors (Lipinski definition) is 2. The van der Waals surface area contributed by atoms with Gasteiger partial charge in [0.1, 0.15) is 0 Å². The first-order valence-electron chi connectivity index (χ1n) is 4.56. The summed E-state index contributed by atoms with van der Waals surface area (Å²) >= 11 is 0. The lowest BCUT2D eigenvalue weighted by molar-refractivity contribution is -0.147. The maximum absolute atomic E-state index is 10.9. The number of nitrogens with zero attached hydrogens (tertiary/aromatic N) is 1. The van der Waals surface area contributed by atoms with Gasteiger partial charge in [0.05, 0.1) is 5.52 Å². The summed E-state index contributed by atoms with van der Waals surface area (Å²) in [6, 6.07) is 8.59. The number of amides is 1. The first kappa shape index (κ1) is 10.1. The molecule has 80 valence electrons. The number of rotatable bonds is 1. The highest BCUT2D eigenvalue weighted by Gasteiger charge is 2.10. The van der Waals surface area contributed by atoms with Gasteiger partial charge in [0.25, 0.3) is 0 Å². The van der Waals surface area contributed by atoms with Crippen LogP contribution in [0.5, 0.6) is 0 Å². The number of anilines is 1. The third-order valence-electron chi connectivity index (χ3n) is 2.06. The molecule has 2 N–H and O–H groups in total. The molecule has 0 saturated heterocycles. The molecule has 5 heteroatoms. The predicted molar refractivity (Wildman–Crippen MR) is 58.0 cm³/mol. The van der Waals surface area contributed by atoms with Crippen LogP contribution >= 0.6 is 0 Å². The highest BCUT2D eigenvalue weighted by atomic mass is 16.4. The second-order valence-electron chi connectivity index (χ2n) is 3.17. The minimum atomic E-state index is -1.51. The number of pyridine rings is 1. The van der Waals surface area contributed by atoms with E-state index in [0.29, 0.717) is 5.69 Å². The number of nitrogens with one attached hydrogen (secondary N) is 1. The lowest BCUT2D eigenvalue weighted by Crippen LogP contribution is -2.21. The molecule has 0 aliphatic carbocycles. The van der Waals surface area contributed by atoms with Gasteiger partial charge in [-0.1, -0.05) is 6.07 Å². The zero-order chi connectivity index (χ0) is 11.5. The van der Waals surface area contributed by atoms with Crippen molar-refractivity contribution in [2.24, 2.45) is 0 Å². The molecule has 0 aliphatic heterocycles. The molecular formula is C11H8N2O3. The van der Waals surface area contributed by atoms with Crippen molar-refractivity contribution >= 4 is 28.5 Å². The Morgan fingerprint density at radius 1 is 1.25 bits per heavy atom. The molecular weight excluding hydrogens is 208 g/mol. The quantitative estimate of drug-likeness (QED) is 0.703. The van der Waals surface area contributed by atoms with Crippen LogP contribution in [-0.2, 0) is 9.59 Å². The van der Waals surface area contributed by atoms with E-state index in [1.54, 1.807) is 30.5 Å². The number of fused-ring (bicyclic) bond motifs is 1. The number of aliphatic carboxylic acids is 1. The minimum absolute atomic E-state index is 0.438. The van der Waals surface area contributed by atoms with Gasteiger partial charge in [-0.2, -0.15) is 0 Å². The van der Waals surface area contributed by atoms with Gasteiger partial charge in [-0.3, -0.25) is 9.78 Å². The maximum Gasteiger partial charge on any atom is 0.394 e. The molecule has 1 amide bonds. The van der Waals surface area contributed by atoms with Crippen LogP contribution in [-0.4, -0.2) is 22.0 Å². The normalized spacial score (nSPS) is 10.0. The largest absolute Gasteiger partial charge is 0.474 e. The topological polar surface area (TPSA) is 79.3 Å².